The lowest BCUT2D eigenvalue weighted by Gasteiger charge is -2.07. The molecule has 3 aromatic carbocycles. The summed E-state index contributed by atoms with van der Waals surface area (Å²) >= 11 is 0. The van der Waals surface area contributed by atoms with E-state index in [-0.39, 0.29) is 5.91 Å². The molecule has 0 radical (unpaired) electrons. The number of rotatable bonds is 4. The van der Waals surface area contributed by atoms with Gasteiger partial charge in [0.25, 0.3) is 5.91 Å². The number of halogens is 1. The molecule has 0 bridgehead atoms. The van der Waals surface area contributed by atoms with Crippen LogP contribution in [0.5, 0.6) is 0 Å². The summed E-state index contributed by atoms with van der Waals surface area (Å²) in [5.41, 5.74) is 3.73. The van der Waals surface area contributed by atoms with Crippen molar-refractivity contribution in [1.82, 2.24) is 15.0 Å². The molecular formula is C20H15FN4O. The van der Waals surface area contributed by atoms with Gasteiger partial charge in [0.15, 0.2) is 0 Å². The summed E-state index contributed by atoms with van der Waals surface area (Å²) in [4.78, 5) is 12.3. The zero-order chi connectivity index (χ0) is 17.9. The minimum atomic E-state index is -0.391. The van der Waals surface area contributed by atoms with Crippen LogP contribution in [0.3, 0.4) is 0 Å². The van der Waals surface area contributed by atoms with Crippen molar-refractivity contribution in [3.8, 4) is 0 Å². The van der Waals surface area contributed by atoms with Crippen molar-refractivity contribution >= 4 is 22.6 Å². The maximum Gasteiger partial charge on any atom is 0.255 e. The van der Waals surface area contributed by atoms with Crippen molar-refractivity contribution in [3.05, 3.63) is 89.7 Å². The molecule has 0 fully saturated rings. The second kappa shape index (κ2) is 6.76. The number of fused-ring (bicyclic) bond motifs is 1. The van der Waals surface area contributed by atoms with Crippen LogP contribution in [0.1, 0.15) is 15.9 Å². The number of anilines is 1. The van der Waals surface area contributed by atoms with Crippen LogP contribution in [0.15, 0.2) is 72.8 Å². The molecule has 4 aromatic rings. The zero-order valence-corrected chi connectivity index (χ0v) is 13.8. The third-order valence-corrected chi connectivity index (χ3v) is 4.05. The largest absolute Gasteiger partial charge is 0.322 e. The fourth-order valence-corrected chi connectivity index (χ4v) is 2.74. The Balaban J connectivity index is 1.49. The van der Waals surface area contributed by atoms with Crippen LogP contribution in [0.25, 0.3) is 11.0 Å². The van der Waals surface area contributed by atoms with Gasteiger partial charge in [0.2, 0.25) is 0 Å². The SMILES string of the molecule is O=C(Nc1cccc(F)c1)c1ccc(Cn2nnc3ccccc32)cc1. The maximum atomic E-state index is 13.2. The first-order valence-electron chi connectivity index (χ1n) is 8.13. The molecule has 5 nitrogen and oxygen atoms in total. The average molecular weight is 346 g/mol. The zero-order valence-electron chi connectivity index (χ0n) is 13.8. The number of aromatic nitrogens is 3. The lowest BCUT2D eigenvalue weighted by molar-refractivity contribution is 0.102. The van der Waals surface area contributed by atoms with E-state index in [9.17, 15) is 9.18 Å². The molecule has 0 saturated carbocycles. The number of para-hydroxylation sites is 1. The van der Waals surface area contributed by atoms with Gasteiger partial charge >= 0.3 is 0 Å². The molecule has 26 heavy (non-hydrogen) atoms. The van der Waals surface area contributed by atoms with Gasteiger partial charge in [0, 0.05) is 11.3 Å². The smallest absolute Gasteiger partial charge is 0.255 e. The standard InChI is InChI=1S/C20H15FN4O/c21-16-4-3-5-17(12-16)22-20(26)15-10-8-14(9-11-15)13-25-19-7-2-1-6-18(19)23-24-25/h1-12H,13H2,(H,22,26). The monoisotopic (exact) mass is 346 g/mol. The Morgan fingerprint density at radius 2 is 1.81 bits per heavy atom. The fraction of sp³-hybridized carbons (Fsp3) is 0.0500. The Bertz CT molecular complexity index is 1070. The number of hydrogen-bond acceptors (Lipinski definition) is 3. The van der Waals surface area contributed by atoms with Gasteiger partial charge in [-0.1, -0.05) is 35.5 Å². The van der Waals surface area contributed by atoms with Crippen molar-refractivity contribution < 1.29 is 9.18 Å². The molecule has 0 aliphatic rings. The number of amides is 1. The van der Waals surface area contributed by atoms with Crippen molar-refractivity contribution in [1.29, 1.82) is 0 Å². The van der Waals surface area contributed by atoms with Gasteiger partial charge in [-0.15, -0.1) is 5.10 Å². The van der Waals surface area contributed by atoms with Gasteiger partial charge < -0.3 is 5.32 Å². The molecule has 1 heterocycles. The summed E-state index contributed by atoms with van der Waals surface area (Å²) in [6, 6.07) is 20.8. The Labute approximate surface area is 149 Å². The van der Waals surface area contributed by atoms with Crippen molar-refractivity contribution in [2.24, 2.45) is 0 Å². The summed E-state index contributed by atoms with van der Waals surface area (Å²) in [6.07, 6.45) is 0. The summed E-state index contributed by atoms with van der Waals surface area (Å²) in [6.45, 7) is 0.562. The van der Waals surface area contributed by atoms with E-state index in [1.54, 1.807) is 24.3 Å². The number of nitrogens with zero attached hydrogens (tertiary/aromatic N) is 3. The predicted octanol–water partition coefficient (Wildman–Crippen LogP) is 3.87. The van der Waals surface area contributed by atoms with Gasteiger partial charge in [0.1, 0.15) is 11.3 Å². The quantitative estimate of drug-likeness (QED) is 0.610. The lowest BCUT2D eigenvalue weighted by atomic mass is 10.1. The highest BCUT2D eigenvalue weighted by molar-refractivity contribution is 6.04. The average Bonchev–Trinajstić information content (AvgIpc) is 3.05. The van der Waals surface area contributed by atoms with Crippen molar-refractivity contribution in [2.75, 3.05) is 5.32 Å². The highest BCUT2D eigenvalue weighted by Crippen LogP contribution is 2.14. The van der Waals surface area contributed by atoms with E-state index in [1.807, 2.05) is 41.1 Å². The number of hydrogen-bond donors (Lipinski definition) is 1. The van der Waals surface area contributed by atoms with Crippen LogP contribution in [-0.4, -0.2) is 20.9 Å². The summed E-state index contributed by atoms with van der Waals surface area (Å²) < 4.78 is 15.0. The predicted molar refractivity (Wildman–Crippen MR) is 97.4 cm³/mol. The van der Waals surface area contributed by atoms with Crippen LogP contribution in [0.2, 0.25) is 0 Å². The molecule has 0 atom stereocenters. The van der Waals surface area contributed by atoms with Gasteiger partial charge in [-0.2, -0.15) is 0 Å². The molecule has 0 aliphatic carbocycles. The molecule has 1 amide bonds. The number of carbonyl (C=O) groups excluding carboxylic acids is 1. The maximum absolute atomic E-state index is 13.2. The molecule has 4 rings (SSSR count). The molecule has 6 heteroatoms. The van der Waals surface area contributed by atoms with E-state index in [0.29, 0.717) is 17.8 Å². The highest BCUT2D eigenvalue weighted by atomic mass is 19.1. The third kappa shape index (κ3) is 3.30. The fourth-order valence-electron chi connectivity index (χ4n) is 2.74. The summed E-state index contributed by atoms with van der Waals surface area (Å²) in [7, 11) is 0. The number of benzene rings is 3. The second-order valence-corrected chi connectivity index (χ2v) is 5.90. The van der Waals surface area contributed by atoms with Gasteiger partial charge in [-0.05, 0) is 48.0 Å². The van der Waals surface area contributed by atoms with E-state index >= 15 is 0 Å². The first-order chi connectivity index (χ1) is 12.7. The minimum Gasteiger partial charge on any atom is -0.322 e. The minimum absolute atomic E-state index is 0.284. The van der Waals surface area contributed by atoms with Crippen LogP contribution >= 0.6 is 0 Å². The van der Waals surface area contributed by atoms with Crippen LogP contribution in [0.4, 0.5) is 10.1 Å². The number of carbonyl (C=O) groups is 1. The molecule has 0 aliphatic heterocycles. The molecule has 1 aromatic heterocycles. The van der Waals surface area contributed by atoms with E-state index in [0.717, 1.165) is 16.6 Å². The van der Waals surface area contributed by atoms with Gasteiger partial charge in [0.05, 0.1) is 12.1 Å². The van der Waals surface area contributed by atoms with E-state index in [4.69, 9.17) is 0 Å². The normalized spacial score (nSPS) is 10.8. The van der Waals surface area contributed by atoms with Gasteiger partial charge in [-0.25, -0.2) is 9.07 Å². The Kier molecular flexibility index (Phi) is 4.15. The molecule has 1 N–H and O–H groups in total. The van der Waals surface area contributed by atoms with E-state index in [2.05, 4.69) is 15.6 Å². The topological polar surface area (TPSA) is 59.8 Å². The molecule has 0 unspecified atom stereocenters. The van der Waals surface area contributed by atoms with E-state index < -0.39 is 5.82 Å². The molecule has 0 saturated heterocycles. The van der Waals surface area contributed by atoms with Crippen molar-refractivity contribution in [3.63, 3.8) is 0 Å². The molecule has 0 spiro atoms. The second-order valence-electron chi connectivity index (χ2n) is 5.90. The van der Waals surface area contributed by atoms with Crippen LogP contribution in [0, 0.1) is 5.82 Å². The Morgan fingerprint density at radius 1 is 1.00 bits per heavy atom. The number of nitrogens with one attached hydrogen (secondary N) is 1. The lowest BCUT2D eigenvalue weighted by Crippen LogP contribution is -2.12. The van der Waals surface area contributed by atoms with Crippen LogP contribution < -0.4 is 5.32 Å². The molecular weight excluding hydrogens is 331 g/mol. The third-order valence-electron chi connectivity index (χ3n) is 4.05. The van der Waals surface area contributed by atoms with Crippen LogP contribution in [-0.2, 0) is 6.54 Å². The Morgan fingerprint density at radius 3 is 2.62 bits per heavy atom. The molecule has 128 valence electrons. The van der Waals surface area contributed by atoms with Crippen molar-refractivity contribution in [2.45, 2.75) is 6.54 Å². The summed E-state index contributed by atoms with van der Waals surface area (Å²) in [5.74, 6) is -0.674. The highest BCUT2D eigenvalue weighted by Gasteiger charge is 2.08. The Hall–Kier alpha value is -3.54. The first kappa shape index (κ1) is 16.0. The van der Waals surface area contributed by atoms with Gasteiger partial charge in [-0.3, -0.25) is 4.79 Å². The van der Waals surface area contributed by atoms with E-state index in [1.165, 1.54) is 12.1 Å². The summed E-state index contributed by atoms with van der Waals surface area (Å²) in [5, 5.41) is 11.0. The first-order valence-corrected chi connectivity index (χ1v) is 8.13.